The number of alkyl halides is 2. The molecule has 0 amide bonds. The standard InChI is InChI=1S/C11H6ClI2N3/c12-7-2-9-8(1-6(7)5-15)16-10(3-13)11(4-14)17-9/h1-2H,3-4H2. The summed E-state index contributed by atoms with van der Waals surface area (Å²) >= 11 is 10.5. The highest BCUT2D eigenvalue weighted by atomic mass is 127. The number of hydrogen-bond donors (Lipinski definition) is 0. The Morgan fingerprint density at radius 1 is 1.12 bits per heavy atom. The molecular formula is C11H6ClI2N3. The first kappa shape index (κ1) is 13.2. The Morgan fingerprint density at radius 3 is 2.12 bits per heavy atom. The average molecular weight is 469 g/mol. The molecule has 0 aliphatic heterocycles. The van der Waals surface area contributed by atoms with Crippen LogP contribution in [0.2, 0.25) is 5.02 Å². The lowest BCUT2D eigenvalue weighted by atomic mass is 10.2. The summed E-state index contributed by atoms with van der Waals surface area (Å²) in [4.78, 5) is 9.06. The number of nitrogens with zero attached hydrogens (tertiary/aromatic N) is 3. The van der Waals surface area contributed by atoms with Crippen molar-refractivity contribution in [3.8, 4) is 6.07 Å². The zero-order valence-corrected chi connectivity index (χ0v) is 13.6. The molecule has 0 N–H and O–H groups in total. The molecule has 3 nitrogen and oxygen atoms in total. The van der Waals surface area contributed by atoms with Crippen molar-refractivity contribution < 1.29 is 0 Å². The first-order chi connectivity index (χ1) is 8.19. The van der Waals surface area contributed by atoms with Gasteiger partial charge in [0, 0.05) is 8.86 Å². The zero-order chi connectivity index (χ0) is 12.4. The fourth-order valence-corrected chi connectivity index (χ4v) is 2.87. The van der Waals surface area contributed by atoms with E-state index in [0.717, 1.165) is 31.3 Å². The fraction of sp³-hybridized carbons (Fsp3) is 0.182. The second kappa shape index (κ2) is 5.63. The molecule has 1 heterocycles. The van der Waals surface area contributed by atoms with Gasteiger partial charge < -0.3 is 0 Å². The summed E-state index contributed by atoms with van der Waals surface area (Å²) in [5, 5.41) is 9.35. The monoisotopic (exact) mass is 469 g/mol. The molecule has 6 heteroatoms. The summed E-state index contributed by atoms with van der Waals surface area (Å²) < 4.78 is 1.63. The maximum absolute atomic E-state index is 8.92. The van der Waals surface area contributed by atoms with Gasteiger partial charge >= 0.3 is 0 Å². The molecule has 0 fully saturated rings. The summed E-state index contributed by atoms with van der Waals surface area (Å²) in [6.07, 6.45) is 0. The third-order valence-corrected chi connectivity index (χ3v) is 4.04. The molecule has 0 saturated heterocycles. The van der Waals surface area contributed by atoms with Gasteiger partial charge in [0.25, 0.3) is 0 Å². The zero-order valence-electron chi connectivity index (χ0n) is 8.54. The van der Waals surface area contributed by atoms with Gasteiger partial charge in [0.2, 0.25) is 0 Å². The molecule has 17 heavy (non-hydrogen) atoms. The molecule has 2 rings (SSSR count). The van der Waals surface area contributed by atoms with Gasteiger partial charge in [-0.2, -0.15) is 5.26 Å². The molecule has 0 radical (unpaired) electrons. The second-order valence-corrected chi connectivity index (χ2v) is 5.25. The van der Waals surface area contributed by atoms with Crippen molar-refractivity contribution in [3.05, 3.63) is 34.1 Å². The minimum Gasteiger partial charge on any atom is -0.248 e. The molecule has 0 saturated carbocycles. The molecule has 0 unspecified atom stereocenters. The predicted molar refractivity (Wildman–Crippen MR) is 84.7 cm³/mol. The van der Waals surface area contributed by atoms with Crippen LogP contribution in [0.25, 0.3) is 11.0 Å². The summed E-state index contributed by atoms with van der Waals surface area (Å²) in [5.41, 5.74) is 3.86. The van der Waals surface area contributed by atoms with Crippen molar-refractivity contribution >= 4 is 67.8 Å². The van der Waals surface area contributed by atoms with E-state index in [0.29, 0.717) is 10.6 Å². The Bertz CT molecular complexity index is 622. The van der Waals surface area contributed by atoms with Gasteiger partial charge in [-0.05, 0) is 12.1 Å². The molecule has 0 spiro atoms. The van der Waals surface area contributed by atoms with E-state index in [2.05, 4.69) is 61.2 Å². The predicted octanol–water partition coefficient (Wildman–Crippen LogP) is 4.02. The highest BCUT2D eigenvalue weighted by Gasteiger charge is 2.09. The third-order valence-electron chi connectivity index (χ3n) is 2.28. The molecule has 0 bridgehead atoms. The van der Waals surface area contributed by atoms with Crippen LogP contribution >= 0.6 is 56.8 Å². The topological polar surface area (TPSA) is 49.6 Å². The van der Waals surface area contributed by atoms with Gasteiger partial charge in [0.05, 0.1) is 33.0 Å². The van der Waals surface area contributed by atoms with Crippen LogP contribution in [-0.2, 0) is 8.86 Å². The minimum atomic E-state index is 0.427. The SMILES string of the molecule is N#Cc1cc2nc(CI)c(CI)nc2cc1Cl. The Hall–Kier alpha value is -0.200. The second-order valence-electron chi connectivity index (χ2n) is 3.32. The van der Waals surface area contributed by atoms with Gasteiger partial charge in [-0.15, -0.1) is 0 Å². The number of rotatable bonds is 2. The van der Waals surface area contributed by atoms with E-state index in [4.69, 9.17) is 16.9 Å². The Kier molecular flexibility index (Phi) is 4.38. The van der Waals surface area contributed by atoms with Crippen LogP contribution in [0.5, 0.6) is 0 Å². The van der Waals surface area contributed by atoms with Crippen molar-refractivity contribution in [1.29, 1.82) is 5.26 Å². The maximum atomic E-state index is 8.92. The Labute approximate surface area is 131 Å². The van der Waals surface area contributed by atoms with Crippen molar-refractivity contribution in [2.24, 2.45) is 0 Å². The first-order valence-electron chi connectivity index (χ1n) is 4.70. The van der Waals surface area contributed by atoms with Crippen LogP contribution in [0.15, 0.2) is 12.1 Å². The highest BCUT2D eigenvalue weighted by Crippen LogP contribution is 2.23. The van der Waals surface area contributed by atoms with E-state index in [9.17, 15) is 0 Å². The number of fused-ring (bicyclic) bond motifs is 1. The van der Waals surface area contributed by atoms with Gasteiger partial charge in [-0.25, -0.2) is 9.97 Å². The van der Waals surface area contributed by atoms with E-state index in [1.165, 1.54) is 0 Å². The van der Waals surface area contributed by atoms with Crippen molar-refractivity contribution in [2.45, 2.75) is 8.86 Å². The molecule has 0 atom stereocenters. The molecule has 1 aromatic carbocycles. The molecule has 86 valence electrons. The van der Waals surface area contributed by atoms with Gasteiger partial charge in [0.15, 0.2) is 0 Å². The lowest BCUT2D eigenvalue weighted by Gasteiger charge is -2.06. The molecule has 1 aromatic heterocycles. The van der Waals surface area contributed by atoms with E-state index in [1.54, 1.807) is 12.1 Å². The smallest absolute Gasteiger partial charge is 0.101 e. The highest BCUT2D eigenvalue weighted by molar-refractivity contribution is 14.1. The van der Waals surface area contributed by atoms with Gasteiger partial charge in [-0.1, -0.05) is 56.8 Å². The van der Waals surface area contributed by atoms with Crippen LogP contribution in [-0.4, -0.2) is 9.97 Å². The lowest BCUT2D eigenvalue weighted by Crippen LogP contribution is -1.98. The van der Waals surface area contributed by atoms with Crippen LogP contribution < -0.4 is 0 Å². The van der Waals surface area contributed by atoms with Gasteiger partial charge in [-0.3, -0.25) is 0 Å². The van der Waals surface area contributed by atoms with Gasteiger partial charge in [0.1, 0.15) is 6.07 Å². The summed E-state index contributed by atoms with van der Waals surface area (Å²) in [6.45, 7) is 0. The minimum absolute atomic E-state index is 0.427. The third kappa shape index (κ3) is 2.63. The van der Waals surface area contributed by atoms with Crippen LogP contribution in [0.3, 0.4) is 0 Å². The van der Waals surface area contributed by atoms with Crippen molar-refractivity contribution in [2.75, 3.05) is 0 Å². The van der Waals surface area contributed by atoms with Crippen LogP contribution in [0.4, 0.5) is 0 Å². The molecule has 0 aliphatic carbocycles. The molecule has 2 aromatic rings. The largest absolute Gasteiger partial charge is 0.248 e. The Morgan fingerprint density at radius 2 is 1.65 bits per heavy atom. The molecule has 0 aliphatic rings. The fourth-order valence-electron chi connectivity index (χ4n) is 1.45. The number of hydrogen-bond acceptors (Lipinski definition) is 3. The molecular weight excluding hydrogens is 463 g/mol. The van der Waals surface area contributed by atoms with Crippen molar-refractivity contribution in [1.82, 2.24) is 9.97 Å². The van der Waals surface area contributed by atoms with Crippen molar-refractivity contribution in [3.63, 3.8) is 0 Å². The Balaban J connectivity index is 2.75. The van der Waals surface area contributed by atoms with Crippen LogP contribution in [0, 0.1) is 11.3 Å². The quantitative estimate of drug-likeness (QED) is 0.493. The van der Waals surface area contributed by atoms with E-state index >= 15 is 0 Å². The number of aromatic nitrogens is 2. The summed E-state index contributed by atoms with van der Waals surface area (Å²) in [7, 11) is 0. The first-order valence-corrected chi connectivity index (χ1v) is 8.13. The number of benzene rings is 1. The van der Waals surface area contributed by atoms with E-state index < -0.39 is 0 Å². The number of halogens is 3. The summed E-state index contributed by atoms with van der Waals surface area (Å²) in [5.74, 6) is 0. The average Bonchev–Trinajstić information content (AvgIpc) is 2.36. The lowest BCUT2D eigenvalue weighted by molar-refractivity contribution is 1.09. The maximum Gasteiger partial charge on any atom is 0.101 e. The van der Waals surface area contributed by atoms with E-state index in [-0.39, 0.29) is 0 Å². The van der Waals surface area contributed by atoms with Crippen LogP contribution in [0.1, 0.15) is 17.0 Å². The van der Waals surface area contributed by atoms with E-state index in [1.807, 2.05) is 0 Å². The summed E-state index contributed by atoms with van der Waals surface area (Å²) in [6, 6.07) is 5.45. The number of nitriles is 1. The normalized spacial score (nSPS) is 10.5.